The monoisotopic (exact) mass is 936 g/mol. The fourth-order valence-electron chi connectivity index (χ4n) is 8.29. The first-order valence-electron chi connectivity index (χ1n) is 22.5. The summed E-state index contributed by atoms with van der Waals surface area (Å²) >= 11 is 3.57. The maximum absolute atomic E-state index is 10.3. The topological polar surface area (TPSA) is 168 Å². The summed E-state index contributed by atoms with van der Waals surface area (Å²) in [5, 5.41) is 44.2. The molecule has 7 aromatic rings. The van der Waals surface area contributed by atoms with E-state index in [0.29, 0.717) is 35.3 Å². The van der Waals surface area contributed by atoms with E-state index < -0.39 is 11.9 Å². The zero-order valence-electron chi connectivity index (χ0n) is 38.3. The van der Waals surface area contributed by atoms with Crippen molar-refractivity contribution in [2.45, 2.75) is 71.4 Å². The highest BCUT2D eigenvalue weighted by Gasteiger charge is 2.30. The highest BCUT2D eigenvalue weighted by atomic mass is 32.2. The summed E-state index contributed by atoms with van der Waals surface area (Å²) in [4.78, 5) is 30.4. The van der Waals surface area contributed by atoms with E-state index in [1.807, 2.05) is 24.3 Å². The third-order valence-electron chi connectivity index (χ3n) is 11.9. The van der Waals surface area contributed by atoms with Gasteiger partial charge in [-0.15, -0.1) is 0 Å². The minimum absolute atomic E-state index is 0.293. The number of aromatic carboxylic acids is 2. The predicted octanol–water partition coefficient (Wildman–Crippen LogP) is 8.16. The van der Waals surface area contributed by atoms with Gasteiger partial charge < -0.3 is 40.2 Å². The van der Waals surface area contributed by atoms with E-state index in [0.717, 1.165) is 36.6 Å². The zero-order valence-corrected chi connectivity index (χ0v) is 39.9. The van der Waals surface area contributed by atoms with E-state index in [-0.39, 0.29) is 11.1 Å². The second kappa shape index (κ2) is 22.9. The molecule has 2 heterocycles. The van der Waals surface area contributed by atoms with Gasteiger partial charge in [-0.25, -0.2) is 0 Å². The minimum atomic E-state index is -1.52. The van der Waals surface area contributed by atoms with Crippen molar-refractivity contribution in [3.05, 3.63) is 203 Å². The number of fused-ring (bicyclic) bond motifs is 4. The number of carboxylic acid groups (broad SMARTS) is 2. The third-order valence-corrected chi connectivity index (χ3v) is 14.2. The molecule has 68 heavy (non-hydrogen) atoms. The van der Waals surface area contributed by atoms with Gasteiger partial charge in [0.2, 0.25) is 0 Å². The molecule has 0 bridgehead atoms. The average molecular weight is 937 g/mol. The van der Waals surface area contributed by atoms with Gasteiger partial charge >= 0.3 is 0 Å². The minimum Gasteiger partial charge on any atom is -0.545 e. The smallest absolute Gasteiger partial charge is 0.109 e. The molecule has 4 atom stereocenters. The van der Waals surface area contributed by atoms with Crippen LogP contribution < -0.4 is 30.6 Å². The summed E-state index contributed by atoms with van der Waals surface area (Å²) in [7, 11) is 0. The van der Waals surface area contributed by atoms with Crippen LogP contribution in [-0.4, -0.2) is 37.1 Å². The standard InChI is InChI=1S/2C24H23N3S.C8H6O4/c2*1-17(16-26-18(2)20-8-4-3-5-9-20)27-21-10-6-7-11-23(21)28-24-13-12-19(15-25)14-22(24)27;9-7(10)5-3-1-2-4-6(5)8(11)12/h2*3-14,17-18,26H,16H2,1-2H3;1-4H,(H,9,10)(H,11,12)/t2*17?,18-;/m11./s1. The Labute approximate surface area is 406 Å². The Bertz CT molecular complexity index is 2760. The molecule has 342 valence electrons. The van der Waals surface area contributed by atoms with Crippen molar-refractivity contribution < 1.29 is 30.4 Å². The molecular weight excluding hydrogens is 885 g/mol. The maximum atomic E-state index is 10.3. The number of nitrogens with zero attached hydrogens (tertiary/aromatic N) is 4. The Kier molecular flexibility index (Phi) is 16.4. The van der Waals surface area contributed by atoms with Crippen LogP contribution in [0.1, 0.15) is 82.7 Å². The molecule has 2 unspecified atom stereocenters. The largest absolute Gasteiger partial charge is 0.545 e. The number of carboxylic acids is 2. The maximum Gasteiger partial charge on any atom is 0.109 e. The fraction of sp³-hybridized carbons (Fsp3) is 0.179. The van der Waals surface area contributed by atoms with Crippen LogP contribution in [0.25, 0.3) is 0 Å². The summed E-state index contributed by atoms with van der Waals surface area (Å²) in [5.41, 5.74) is 8.09. The number of rotatable bonds is 12. The van der Waals surface area contributed by atoms with Crippen LogP contribution in [0.5, 0.6) is 0 Å². The Balaban J connectivity index is 0.000000163. The molecule has 2 aliphatic heterocycles. The van der Waals surface area contributed by atoms with Crippen LogP contribution in [0.4, 0.5) is 22.7 Å². The predicted molar refractivity (Wildman–Crippen MR) is 265 cm³/mol. The number of anilines is 4. The normalized spacial score (nSPS) is 13.6. The number of nitrogens with two attached hydrogens (primary N) is 2. The second-order valence-electron chi connectivity index (χ2n) is 16.6. The van der Waals surface area contributed by atoms with Crippen molar-refractivity contribution in [1.82, 2.24) is 0 Å². The molecule has 0 saturated carbocycles. The van der Waals surface area contributed by atoms with Gasteiger partial charge in [-0.3, -0.25) is 0 Å². The molecule has 0 amide bonds. The Morgan fingerprint density at radius 3 is 1.19 bits per heavy atom. The fourth-order valence-corrected chi connectivity index (χ4v) is 10.4. The number of para-hydroxylation sites is 2. The van der Waals surface area contributed by atoms with Crippen molar-refractivity contribution in [1.29, 1.82) is 10.5 Å². The van der Waals surface area contributed by atoms with Crippen molar-refractivity contribution in [3.63, 3.8) is 0 Å². The number of quaternary nitrogens is 2. The Morgan fingerprint density at radius 1 is 0.485 bits per heavy atom. The first-order valence-corrected chi connectivity index (χ1v) is 24.1. The average Bonchev–Trinajstić information content (AvgIpc) is 3.38. The zero-order chi connectivity index (χ0) is 48.2. The number of carbonyl (C=O) groups is 2. The van der Waals surface area contributed by atoms with Crippen LogP contribution in [0.15, 0.2) is 189 Å². The van der Waals surface area contributed by atoms with E-state index in [1.54, 1.807) is 23.5 Å². The van der Waals surface area contributed by atoms with Gasteiger partial charge in [-0.2, -0.15) is 10.5 Å². The van der Waals surface area contributed by atoms with E-state index in [9.17, 15) is 30.3 Å². The van der Waals surface area contributed by atoms with Crippen LogP contribution in [0.2, 0.25) is 0 Å². The lowest BCUT2D eigenvalue weighted by Crippen LogP contribution is -2.87. The highest BCUT2D eigenvalue weighted by molar-refractivity contribution is 8.00. The molecular formula is C56H52N6O4S2. The van der Waals surface area contributed by atoms with Gasteiger partial charge in [-0.05, 0) is 88.4 Å². The van der Waals surface area contributed by atoms with Crippen LogP contribution in [0, 0.1) is 22.7 Å². The van der Waals surface area contributed by atoms with Crippen LogP contribution >= 0.6 is 23.5 Å². The third kappa shape index (κ3) is 11.6. The number of carbonyl (C=O) groups excluding carboxylic acids is 2. The van der Waals surface area contributed by atoms with Crippen molar-refractivity contribution >= 4 is 58.2 Å². The Hall–Kier alpha value is -7.32. The van der Waals surface area contributed by atoms with Gasteiger partial charge in [0.15, 0.2) is 0 Å². The van der Waals surface area contributed by atoms with Crippen molar-refractivity contribution in [2.24, 2.45) is 0 Å². The van der Waals surface area contributed by atoms with Crippen LogP contribution in [-0.2, 0) is 0 Å². The number of benzene rings is 7. The summed E-state index contributed by atoms with van der Waals surface area (Å²) in [6.45, 7) is 11.0. The molecule has 0 aliphatic carbocycles. The van der Waals surface area contributed by atoms with Gasteiger partial charge in [0.05, 0.1) is 83.1 Å². The first-order chi connectivity index (χ1) is 33.0. The van der Waals surface area contributed by atoms with E-state index >= 15 is 0 Å². The molecule has 12 heteroatoms. The molecule has 4 N–H and O–H groups in total. The molecule has 0 radical (unpaired) electrons. The van der Waals surface area contributed by atoms with E-state index in [2.05, 4.69) is 182 Å². The summed E-state index contributed by atoms with van der Waals surface area (Å²) in [6.07, 6.45) is 0. The molecule has 0 fully saturated rings. The summed E-state index contributed by atoms with van der Waals surface area (Å²) in [5.74, 6) is -3.04. The summed E-state index contributed by atoms with van der Waals surface area (Å²) < 4.78 is 0. The lowest BCUT2D eigenvalue weighted by molar-refractivity contribution is -0.693. The highest BCUT2D eigenvalue weighted by Crippen LogP contribution is 2.50. The number of nitriles is 2. The van der Waals surface area contributed by atoms with Gasteiger partial charge in [0, 0.05) is 41.8 Å². The van der Waals surface area contributed by atoms with Crippen molar-refractivity contribution in [2.75, 3.05) is 22.9 Å². The lowest BCUT2D eigenvalue weighted by atomic mass is 10.1. The number of hydrogen-bond donors (Lipinski definition) is 2. The van der Waals surface area contributed by atoms with E-state index in [1.165, 1.54) is 54.2 Å². The number of hydrogen-bond acceptors (Lipinski definition) is 10. The Morgan fingerprint density at radius 2 is 0.824 bits per heavy atom. The van der Waals surface area contributed by atoms with Gasteiger partial charge in [0.25, 0.3) is 0 Å². The quantitative estimate of drug-likeness (QED) is 0.122. The van der Waals surface area contributed by atoms with Crippen molar-refractivity contribution in [3.8, 4) is 12.1 Å². The SMILES string of the molecule is CC(C[NH2+][C@H](C)c1ccccc1)N1c2ccccc2Sc2ccc(C#N)cc21.CC(C[NH2+][C@H](C)c1ccccc1)N1c2ccccc2Sc2ccc(C#N)cc21.O=C([O-])c1ccccc1C(=O)[O-]. The van der Waals surface area contributed by atoms with Gasteiger partial charge in [0.1, 0.15) is 12.1 Å². The molecule has 10 nitrogen and oxygen atoms in total. The van der Waals surface area contributed by atoms with Crippen LogP contribution in [0.3, 0.4) is 0 Å². The molecule has 9 rings (SSSR count). The first kappa shape index (κ1) is 48.6. The molecule has 7 aromatic carbocycles. The molecule has 0 spiro atoms. The molecule has 2 aliphatic rings. The van der Waals surface area contributed by atoms with E-state index in [4.69, 9.17) is 0 Å². The lowest BCUT2D eigenvalue weighted by Gasteiger charge is -2.37. The molecule has 0 saturated heterocycles. The summed E-state index contributed by atoms with van der Waals surface area (Å²) in [6, 6.07) is 61.5. The second-order valence-corrected chi connectivity index (χ2v) is 18.8. The van der Waals surface area contributed by atoms with Gasteiger partial charge in [-0.1, -0.05) is 133 Å². The molecule has 0 aromatic heterocycles.